The first-order chi connectivity index (χ1) is 8.96. The van der Waals surface area contributed by atoms with Crippen molar-refractivity contribution in [2.75, 3.05) is 20.2 Å². The molecule has 1 saturated heterocycles. The molecule has 0 aromatic carbocycles. The number of ether oxygens (including phenoxy) is 1. The number of likely N-dealkylation sites (tertiary alicyclic amines) is 1. The van der Waals surface area contributed by atoms with E-state index < -0.39 is 11.4 Å². The van der Waals surface area contributed by atoms with E-state index in [1.165, 1.54) is 13.3 Å². The molecule has 1 fully saturated rings. The number of aliphatic carboxylic acids is 1. The molecule has 1 amide bonds. The highest BCUT2D eigenvalue weighted by Gasteiger charge is 2.42. The van der Waals surface area contributed by atoms with Crippen LogP contribution in [0.4, 0.5) is 0 Å². The van der Waals surface area contributed by atoms with Gasteiger partial charge in [0.25, 0.3) is 5.91 Å². The summed E-state index contributed by atoms with van der Waals surface area (Å²) in [6.45, 7) is 2.34. The average molecular weight is 264 g/mol. The van der Waals surface area contributed by atoms with Gasteiger partial charge in [-0.1, -0.05) is 0 Å². The van der Waals surface area contributed by atoms with Crippen LogP contribution in [0, 0.1) is 5.41 Å². The van der Waals surface area contributed by atoms with Crippen LogP contribution in [0.5, 0.6) is 5.88 Å². The van der Waals surface area contributed by atoms with Gasteiger partial charge in [-0.15, -0.1) is 0 Å². The maximum Gasteiger partial charge on any atom is 0.311 e. The number of carboxylic acid groups (broad SMARTS) is 1. The summed E-state index contributed by atoms with van der Waals surface area (Å²) in [6.07, 6.45) is 1.91. The second-order valence-electron chi connectivity index (χ2n) is 4.93. The second-order valence-corrected chi connectivity index (χ2v) is 4.93. The number of carboxylic acids is 1. The van der Waals surface area contributed by atoms with Crippen molar-refractivity contribution >= 4 is 11.9 Å². The number of hydrogen-bond donors (Lipinski definition) is 1. The van der Waals surface area contributed by atoms with Gasteiger partial charge < -0.3 is 14.7 Å². The molecule has 2 heterocycles. The molecule has 1 aliphatic rings. The van der Waals surface area contributed by atoms with Crippen LogP contribution in [0.1, 0.15) is 23.7 Å². The van der Waals surface area contributed by atoms with Crippen LogP contribution in [-0.2, 0) is 4.79 Å². The highest BCUT2D eigenvalue weighted by molar-refractivity contribution is 5.94. The van der Waals surface area contributed by atoms with E-state index in [1.54, 1.807) is 24.0 Å². The Kier molecular flexibility index (Phi) is 3.42. The third-order valence-electron chi connectivity index (χ3n) is 3.47. The van der Waals surface area contributed by atoms with Gasteiger partial charge in [-0.3, -0.25) is 9.59 Å². The van der Waals surface area contributed by atoms with Crippen molar-refractivity contribution in [2.24, 2.45) is 5.41 Å². The summed E-state index contributed by atoms with van der Waals surface area (Å²) in [5, 5.41) is 9.14. The number of nitrogens with zero attached hydrogens (tertiary/aromatic N) is 2. The van der Waals surface area contributed by atoms with Gasteiger partial charge in [0.2, 0.25) is 5.88 Å². The standard InChI is InChI=1S/C13H16N2O4/c1-13(12(17)18)5-6-15(8-13)11(16)9-3-4-10(19-2)14-7-9/h3-4,7H,5-6,8H2,1-2H3,(H,17,18). The SMILES string of the molecule is COc1ccc(C(=O)N2CCC(C)(C(=O)O)C2)cn1. The fraction of sp³-hybridized carbons (Fsp3) is 0.462. The van der Waals surface area contributed by atoms with Gasteiger partial charge in [-0.05, 0) is 19.4 Å². The Morgan fingerprint density at radius 3 is 2.68 bits per heavy atom. The van der Waals surface area contributed by atoms with Gasteiger partial charge in [0, 0.05) is 25.4 Å². The minimum atomic E-state index is -0.865. The lowest BCUT2D eigenvalue weighted by atomic mass is 9.90. The molecule has 2 rings (SSSR count). The van der Waals surface area contributed by atoms with Crippen LogP contribution in [0.25, 0.3) is 0 Å². The van der Waals surface area contributed by atoms with Gasteiger partial charge in [0.05, 0.1) is 18.1 Å². The molecule has 102 valence electrons. The van der Waals surface area contributed by atoms with Crippen molar-refractivity contribution in [3.63, 3.8) is 0 Å². The van der Waals surface area contributed by atoms with Crippen LogP contribution >= 0.6 is 0 Å². The van der Waals surface area contributed by atoms with Crippen LogP contribution in [-0.4, -0.2) is 47.1 Å². The highest BCUT2D eigenvalue weighted by atomic mass is 16.5. The maximum absolute atomic E-state index is 12.2. The molecule has 1 unspecified atom stereocenters. The van der Waals surface area contributed by atoms with Crippen molar-refractivity contribution in [1.82, 2.24) is 9.88 Å². The molecule has 0 spiro atoms. The van der Waals surface area contributed by atoms with E-state index in [4.69, 9.17) is 9.84 Å². The Labute approximate surface area is 111 Å². The van der Waals surface area contributed by atoms with Gasteiger partial charge in [0.15, 0.2) is 0 Å². The molecule has 1 N–H and O–H groups in total. The molecule has 0 saturated carbocycles. The summed E-state index contributed by atoms with van der Waals surface area (Å²) in [5.74, 6) is -0.621. The first-order valence-corrected chi connectivity index (χ1v) is 5.99. The van der Waals surface area contributed by atoms with Crippen molar-refractivity contribution in [3.05, 3.63) is 23.9 Å². The summed E-state index contributed by atoms with van der Waals surface area (Å²) in [5.41, 5.74) is -0.411. The van der Waals surface area contributed by atoms with Crippen molar-refractivity contribution in [3.8, 4) is 5.88 Å². The monoisotopic (exact) mass is 264 g/mol. The molecule has 1 aromatic rings. The van der Waals surface area contributed by atoms with E-state index in [1.807, 2.05) is 0 Å². The number of pyridine rings is 1. The Bertz CT molecular complexity index is 500. The molecule has 1 atom stereocenters. The minimum absolute atomic E-state index is 0.194. The Balaban J connectivity index is 2.11. The molecular formula is C13H16N2O4. The largest absolute Gasteiger partial charge is 0.481 e. The van der Waals surface area contributed by atoms with Crippen molar-refractivity contribution in [1.29, 1.82) is 0 Å². The maximum atomic E-state index is 12.2. The van der Waals surface area contributed by atoms with E-state index in [2.05, 4.69) is 4.98 Å². The molecule has 0 bridgehead atoms. The van der Waals surface area contributed by atoms with Crippen LogP contribution < -0.4 is 4.74 Å². The number of rotatable bonds is 3. The summed E-state index contributed by atoms with van der Waals surface area (Å²) >= 11 is 0. The van der Waals surface area contributed by atoms with Gasteiger partial charge >= 0.3 is 5.97 Å². The Morgan fingerprint density at radius 1 is 1.47 bits per heavy atom. The first-order valence-electron chi connectivity index (χ1n) is 5.99. The second kappa shape index (κ2) is 4.87. The van der Waals surface area contributed by atoms with Crippen LogP contribution in [0.3, 0.4) is 0 Å². The molecule has 6 heteroatoms. The lowest BCUT2D eigenvalue weighted by molar-refractivity contribution is -0.147. The number of methoxy groups -OCH3 is 1. The quantitative estimate of drug-likeness (QED) is 0.882. The van der Waals surface area contributed by atoms with Gasteiger partial charge in [-0.25, -0.2) is 4.98 Å². The average Bonchev–Trinajstić information content (AvgIpc) is 2.82. The normalized spacial score (nSPS) is 22.3. The molecule has 1 aliphatic heterocycles. The van der Waals surface area contributed by atoms with E-state index in [0.29, 0.717) is 24.4 Å². The highest BCUT2D eigenvalue weighted by Crippen LogP contribution is 2.30. The summed E-state index contributed by atoms with van der Waals surface area (Å²) in [4.78, 5) is 28.9. The third-order valence-corrected chi connectivity index (χ3v) is 3.47. The zero-order chi connectivity index (χ0) is 14.0. The van der Waals surface area contributed by atoms with E-state index in [9.17, 15) is 9.59 Å². The van der Waals surface area contributed by atoms with E-state index in [-0.39, 0.29) is 12.5 Å². The topological polar surface area (TPSA) is 79.7 Å². The van der Waals surface area contributed by atoms with Crippen molar-refractivity contribution in [2.45, 2.75) is 13.3 Å². The number of aromatic nitrogens is 1. The third kappa shape index (κ3) is 2.52. The molecule has 19 heavy (non-hydrogen) atoms. The van der Waals surface area contributed by atoms with Gasteiger partial charge in [-0.2, -0.15) is 0 Å². The summed E-state index contributed by atoms with van der Waals surface area (Å²) < 4.78 is 4.93. The number of carbonyl (C=O) groups is 2. The predicted molar refractivity (Wildman–Crippen MR) is 67.1 cm³/mol. The van der Waals surface area contributed by atoms with E-state index in [0.717, 1.165) is 0 Å². The lowest BCUT2D eigenvalue weighted by Crippen LogP contribution is -2.34. The fourth-order valence-electron chi connectivity index (χ4n) is 2.12. The number of hydrogen-bond acceptors (Lipinski definition) is 4. The molecule has 0 aliphatic carbocycles. The summed E-state index contributed by atoms with van der Waals surface area (Å²) in [7, 11) is 1.50. The number of carbonyl (C=O) groups excluding carboxylic acids is 1. The predicted octanol–water partition coefficient (Wildman–Crippen LogP) is 1.03. The van der Waals surface area contributed by atoms with E-state index >= 15 is 0 Å². The smallest absolute Gasteiger partial charge is 0.311 e. The summed E-state index contributed by atoms with van der Waals surface area (Å²) in [6, 6.07) is 3.24. The molecule has 1 aromatic heterocycles. The fourth-order valence-corrected chi connectivity index (χ4v) is 2.12. The van der Waals surface area contributed by atoms with Crippen molar-refractivity contribution < 1.29 is 19.4 Å². The lowest BCUT2D eigenvalue weighted by Gasteiger charge is -2.20. The Morgan fingerprint density at radius 2 is 2.21 bits per heavy atom. The number of amides is 1. The molecule has 0 radical (unpaired) electrons. The van der Waals surface area contributed by atoms with Crippen LogP contribution in [0.15, 0.2) is 18.3 Å². The van der Waals surface area contributed by atoms with Gasteiger partial charge in [0.1, 0.15) is 0 Å². The zero-order valence-electron chi connectivity index (χ0n) is 10.9. The zero-order valence-corrected chi connectivity index (χ0v) is 10.9. The first kappa shape index (κ1) is 13.3. The Hall–Kier alpha value is -2.11. The van der Waals surface area contributed by atoms with Crippen LogP contribution in [0.2, 0.25) is 0 Å². The molecular weight excluding hydrogens is 248 g/mol. The minimum Gasteiger partial charge on any atom is -0.481 e. The molecule has 6 nitrogen and oxygen atoms in total.